The second kappa shape index (κ2) is 7.38. The fourth-order valence-corrected chi connectivity index (χ4v) is 4.44. The van der Waals surface area contributed by atoms with Gasteiger partial charge in [-0.2, -0.15) is 0 Å². The van der Waals surface area contributed by atoms with E-state index in [1.165, 1.54) is 6.07 Å². The van der Waals surface area contributed by atoms with Crippen molar-refractivity contribution >= 4 is 27.6 Å². The first-order valence-corrected chi connectivity index (χ1v) is 10.5. The number of halogens is 1. The third-order valence-corrected chi connectivity index (χ3v) is 5.90. The number of aromatic nitrogens is 6. The number of nitrogens with one attached hydrogen (secondary N) is 1. The Hall–Kier alpha value is -3.85. The molecule has 0 bridgehead atoms. The van der Waals surface area contributed by atoms with Crippen LogP contribution in [0.1, 0.15) is 5.82 Å². The molecule has 3 aromatic heterocycles. The minimum atomic E-state index is -0.313. The molecule has 6 rings (SSSR count). The van der Waals surface area contributed by atoms with Crippen LogP contribution in [-0.2, 0) is 4.74 Å². The number of hydrogen-bond donors (Lipinski definition) is 1. The van der Waals surface area contributed by atoms with Gasteiger partial charge in [-0.25, -0.2) is 9.37 Å². The van der Waals surface area contributed by atoms with E-state index >= 15 is 0 Å². The molecular formula is C23H20FN7O. The standard InChI is InChI=1S/C23H20FN7O/c1-14-28-22-16(23-26-13-27-29-23)11-15(30-7-9-32-10-8-30)12-20(22)31(14)19-5-6-25-18-4-2-3-17(24)21(18)19/h2-6,11-13H,7-10H2,1H3,(H,26,27,29). The summed E-state index contributed by atoms with van der Waals surface area (Å²) >= 11 is 0. The number of ether oxygens (including phenoxy) is 1. The van der Waals surface area contributed by atoms with Gasteiger partial charge in [0.1, 0.15) is 23.5 Å². The Balaban J connectivity index is 1.67. The summed E-state index contributed by atoms with van der Waals surface area (Å²) in [4.78, 5) is 14.6. The van der Waals surface area contributed by atoms with E-state index in [1.807, 2.05) is 23.6 Å². The number of aromatic amines is 1. The molecule has 1 N–H and O–H groups in total. The highest BCUT2D eigenvalue weighted by atomic mass is 19.1. The predicted molar refractivity (Wildman–Crippen MR) is 119 cm³/mol. The Labute approximate surface area is 182 Å². The summed E-state index contributed by atoms with van der Waals surface area (Å²) in [5.41, 5.74) is 4.83. The van der Waals surface area contributed by atoms with Crippen molar-refractivity contribution in [3.63, 3.8) is 0 Å². The van der Waals surface area contributed by atoms with Crippen LogP contribution in [0.3, 0.4) is 0 Å². The van der Waals surface area contributed by atoms with Gasteiger partial charge in [0.25, 0.3) is 0 Å². The SMILES string of the molecule is Cc1nc2c(-c3nnc[nH]3)cc(N3CCOCC3)cc2n1-c1ccnc2cccc(F)c12. The molecule has 1 fully saturated rings. The van der Waals surface area contributed by atoms with E-state index in [1.54, 1.807) is 18.6 Å². The van der Waals surface area contributed by atoms with Gasteiger partial charge in [-0.3, -0.25) is 9.55 Å². The molecule has 2 aromatic carbocycles. The van der Waals surface area contributed by atoms with Gasteiger partial charge in [0.05, 0.1) is 35.3 Å². The summed E-state index contributed by atoms with van der Waals surface area (Å²) in [5.74, 6) is 1.07. The molecule has 0 spiro atoms. The summed E-state index contributed by atoms with van der Waals surface area (Å²) in [6.07, 6.45) is 3.25. The number of fused-ring (bicyclic) bond motifs is 2. The average Bonchev–Trinajstić information content (AvgIpc) is 3.46. The molecule has 0 atom stereocenters. The molecule has 32 heavy (non-hydrogen) atoms. The van der Waals surface area contributed by atoms with Gasteiger partial charge in [-0.05, 0) is 37.3 Å². The minimum absolute atomic E-state index is 0.313. The van der Waals surface area contributed by atoms with Crippen LogP contribution < -0.4 is 4.90 Å². The summed E-state index contributed by atoms with van der Waals surface area (Å²) in [7, 11) is 0. The van der Waals surface area contributed by atoms with E-state index in [0.29, 0.717) is 35.6 Å². The van der Waals surface area contributed by atoms with Gasteiger partial charge < -0.3 is 14.6 Å². The van der Waals surface area contributed by atoms with Crippen molar-refractivity contribution in [1.82, 2.24) is 29.7 Å². The number of morpholine rings is 1. The van der Waals surface area contributed by atoms with Crippen LogP contribution in [0.2, 0.25) is 0 Å². The highest BCUT2D eigenvalue weighted by molar-refractivity contribution is 5.97. The smallest absolute Gasteiger partial charge is 0.163 e. The average molecular weight is 429 g/mol. The Kier molecular flexibility index (Phi) is 4.36. The molecular weight excluding hydrogens is 409 g/mol. The third kappa shape index (κ3) is 2.93. The molecule has 0 radical (unpaired) electrons. The zero-order valence-electron chi connectivity index (χ0n) is 17.4. The first kappa shape index (κ1) is 18.9. The lowest BCUT2D eigenvalue weighted by atomic mass is 10.1. The maximum Gasteiger partial charge on any atom is 0.163 e. The van der Waals surface area contributed by atoms with Crippen LogP contribution in [0.5, 0.6) is 0 Å². The highest BCUT2D eigenvalue weighted by Crippen LogP contribution is 2.35. The van der Waals surface area contributed by atoms with E-state index < -0.39 is 0 Å². The molecule has 1 saturated heterocycles. The number of hydrogen-bond acceptors (Lipinski definition) is 6. The van der Waals surface area contributed by atoms with Gasteiger partial charge in [0.2, 0.25) is 0 Å². The minimum Gasteiger partial charge on any atom is -0.378 e. The van der Waals surface area contributed by atoms with Gasteiger partial charge in [0, 0.05) is 30.5 Å². The zero-order chi connectivity index (χ0) is 21.7. The fraction of sp³-hybridized carbons (Fsp3) is 0.217. The van der Waals surface area contributed by atoms with E-state index in [-0.39, 0.29) is 5.82 Å². The number of nitrogens with zero attached hydrogens (tertiary/aromatic N) is 6. The van der Waals surface area contributed by atoms with Crippen molar-refractivity contribution in [2.75, 3.05) is 31.2 Å². The fourth-order valence-electron chi connectivity index (χ4n) is 4.44. The van der Waals surface area contributed by atoms with Crippen molar-refractivity contribution in [2.24, 2.45) is 0 Å². The predicted octanol–water partition coefficient (Wildman–Crippen LogP) is 3.64. The Bertz CT molecular complexity index is 1430. The normalized spacial score (nSPS) is 14.5. The molecule has 0 aliphatic carbocycles. The number of aryl methyl sites for hydroxylation is 1. The maximum atomic E-state index is 14.9. The Morgan fingerprint density at radius 3 is 2.81 bits per heavy atom. The van der Waals surface area contributed by atoms with E-state index in [2.05, 4.69) is 37.2 Å². The van der Waals surface area contributed by atoms with Gasteiger partial charge in [-0.1, -0.05) is 6.07 Å². The summed E-state index contributed by atoms with van der Waals surface area (Å²) < 4.78 is 22.4. The van der Waals surface area contributed by atoms with Crippen LogP contribution in [0.15, 0.2) is 48.9 Å². The highest BCUT2D eigenvalue weighted by Gasteiger charge is 2.21. The van der Waals surface area contributed by atoms with Crippen molar-refractivity contribution in [2.45, 2.75) is 6.92 Å². The summed E-state index contributed by atoms with van der Waals surface area (Å²) in [6, 6.07) is 11.0. The summed E-state index contributed by atoms with van der Waals surface area (Å²) in [6.45, 7) is 4.86. The van der Waals surface area contributed by atoms with Crippen LogP contribution in [0, 0.1) is 12.7 Å². The lowest BCUT2D eigenvalue weighted by Crippen LogP contribution is -2.36. The van der Waals surface area contributed by atoms with Crippen LogP contribution in [-0.4, -0.2) is 56.0 Å². The number of H-pyrrole nitrogens is 1. The van der Waals surface area contributed by atoms with Crippen LogP contribution >= 0.6 is 0 Å². The lowest BCUT2D eigenvalue weighted by Gasteiger charge is -2.29. The maximum absolute atomic E-state index is 14.9. The first-order chi connectivity index (χ1) is 15.7. The van der Waals surface area contributed by atoms with Gasteiger partial charge >= 0.3 is 0 Å². The number of anilines is 1. The first-order valence-electron chi connectivity index (χ1n) is 10.5. The molecule has 8 nitrogen and oxygen atoms in total. The molecule has 1 aliphatic heterocycles. The quantitative estimate of drug-likeness (QED) is 0.471. The van der Waals surface area contributed by atoms with Gasteiger partial charge in [-0.15, -0.1) is 10.2 Å². The van der Waals surface area contributed by atoms with Crippen molar-refractivity contribution in [3.8, 4) is 17.1 Å². The third-order valence-electron chi connectivity index (χ3n) is 5.90. The molecule has 0 unspecified atom stereocenters. The second-order valence-corrected chi connectivity index (χ2v) is 7.76. The number of imidazole rings is 1. The monoisotopic (exact) mass is 429 g/mol. The molecule has 4 heterocycles. The molecule has 9 heteroatoms. The Morgan fingerprint density at radius 1 is 1.12 bits per heavy atom. The Morgan fingerprint density at radius 2 is 2.00 bits per heavy atom. The molecule has 1 aliphatic rings. The molecule has 5 aromatic rings. The lowest BCUT2D eigenvalue weighted by molar-refractivity contribution is 0.122. The van der Waals surface area contributed by atoms with Crippen molar-refractivity contribution in [1.29, 1.82) is 0 Å². The van der Waals surface area contributed by atoms with Crippen molar-refractivity contribution < 1.29 is 9.13 Å². The summed E-state index contributed by atoms with van der Waals surface area (Å²) in [5, 5.41) is 8.65. The van der Waals surface area contributed by atoms with E-state index in [4.69, 9.17) is 9.72 Å². The number of benzene rings is 2. The molecule has 0 saturated carbocycles. The number of pyridine rings is 1. The topological polar surface area (TPSA) is 84.8 Å². The largest absolute Gasteiger partial charge is 0.378 e. The van der Waals surface area contributed by atoms with Crippen molar-refractivity contribution in [3.05, 3.63) is 60.6 Å². The van der Waals surface area contributed by atoms with Crippen LogP contribution in [0.25, 0.3) is 39.0 Å². The zero-order valence-corrected chi connectivity index (χ0v) is 17.4. The van der Waals surface area contributed by atoms with Crippen LogP contribution in [0.4, 0.5) is 10.1 Å². The second-order valence-electron chi connectivity index (χ2n) is 7.76. The van der Waals surface area contributed by atoms with E-state index in [9.17, 15) is 4.39 Å². The van der Waals surface area contributed by atoms with Gasteiger partial charge in [0.15, 0.2) is 5.82 Å². The van der Waals surface area contributed by atoms with E-state index in [0.717, 1.165) is 41.2 Å². The molecule has 0 amide bonds. The molecule has 160 valence electrons. The number of rotatable bonds is 3.